The van der Waals surface area contributed by atoms with Crippen LogP contribution >= 0.6 is 0 Å². The molecule has 3 aromatic rings. The smallest absolute Gasteiger partial charge is 0.416 e. The summed E-state index contributed by atoms with van der Waals surface area (Å²) in [6.07, 6.45) is 7.34. The second-order valence-corrected chi connectivity index (χ2v) is 10.3. The van der Waals surface area contributed by atoms with Gasteiger partial charge >= 0.3 is 18.1 Å². The quantitative estimate of drug-likeness (QED) is 0.146. The minimum atomic E-state index is -4.49. The molecule has 0 saturated heterocycles. The second kappa shape index (κ2) is 15.3. The summed E-state index contributed by atoms with van der Waals surface area (Å²) in [6.45, 7) is 3.74. The largest absolute Gasteiger partial charge is 0.474 e. The van der Waals surface area contributed by atoms with E-state index in [9.17, 15) is 27.9 Å². The van der Waals surface area contributed by atoms with Crippen molar-refractivity contribution in [2.75, 3.05) is 0 Å². The van der Waals surface area contributed by atoms with Crippen LogP contribution in [0.1, 0.15) is 100 Å². The molecule has 3 rings (SSSR count). The van der Waals surface area contributed by atoms with Crippen molar-refractivity contribution >= 4 is 11.9 Å². The normalized spacial score (nSPS) is 12.3. The van der Waals surface area contributed by atoms with Crippen LogP contribution in [0.25, 0.3) is 11.5 Å². The summed E-state index contributed by atoms with van der Waals surface area (Å²) in [5, 5.41) is 13.4. The van der Waals surface area contributed by atoms with Crippen LogP contribution in [-0.2, 0) is 28.7 Å². The number of unbranched alkanes of at least 4 members (excludes halogenated alkanes) is 8. The zero-order valence-corrected chi connectivity index (χ0v) is 23.6. The summed E-state index contributed by atoms with van der Waals surface area (Å²) in [4.78, 5) is 29.6. The number of aromatic nitrogens is 2. The Morgan fingerprint density at radius 3 is 2.05 bits per heavy atom. The lowest BCUT2D eigenvalue weighted by Gasteiger charge is -2.28. The van der Waals surface area contributed by atoms with Gasteiger partial charge in [-0.2, -0.15) is 18.2 Å². The van der Waals surface area contributed by atoms with Gasteiger partial charge in [0, 0.05) is 18.5 Å². The Labute approximate surface area is 238 Å². The number of carboxylic acids is 1. The molecule has 7 nitrogen and oxygen atoms in total. The molecule has 0 fully saturated rings. The van der Waals surface area contributed by atoms with Crippen LogP contribution in [0.3, 0.4) is 0 Å². The van der Waals surface area contributed by atoms with Gasteiger partial charge in [-0.1, -0.05) is 87.7 Å². The highest BCUT2D eigenvalue weighted by atomic mass is 19.4. The molecule has 0 aliphatic heterocycles. The first-order valence-electron chi connectivity index (χ1n) is 14.2. The second-order valence-electron chi connectivity index (χ2n) is 10.3. The maximum atomic E-state index is 12.9. The molecule has 222 valence electrons. The fraction of sp³-hybridized carbons (Fsp3) is 0.484. The fourth-order valence-electron chi connectivity index (χ4n) is 4.65. The molecule has 1 atom stereocenters. The predicted molar refractivity (Wildman–Crippen MR) is 149 cm³/mol. The molecule has 1 heterocycles. The van der Waals surface area contributed by atoms with E-state index in [4.69, 9.17) is 4.52 Å². The van der Waals surface area contributed by atoms with Gasteiger partial charge in [-0.15, -0.1) is 0 Å². The standard InChI is InChI=1S/C31H38F3N3O4/c1-3-4-5-6-7-8-9-10-11-12-27-35-28(41-36-27)25-15-13-23(14-16-25)21-37(29(38)30(39)40)22(2)24-17-19-26(20-18-24)31(32,33)34/h13-20,22H,3-12,21H2,1-2H3,(H,39,40)/t22-/m0/s1. The molecular weight excluding hydrogens is 535 g/mol. The van der Waals surface area contributed by atoms with Crippen molar-refractivity contribution in [3.05, 3.63) is 71.0 Å². The highest BCUT2D eigenvalue weighted by Crippen LogP contribution is 2.31. The van der Waals surface area contributed by atoms with Crippen LogP contribution < -0.4 is 0 Å². The monoisotopic (exact) mass is 573 g/mol. The van der Waals surface area contributed by atoms with Crippen molar-refractivity contribution in [3.63, 3.8) is 0 Å². The lowest BCUT2D eigenvalue weighted by atomic mass is 10.0. The molecule has 0 saturated carbocycles. The summed E-state index contributed by atoms with van der Waals surface area (Å²) in [6, 6.07) is 10.5. The van der Waals surface area contributed by atoms with Crippen molar-refractivity contribution in [2.24, 2.45) is 0 Å². The van der Waals surface area contributed by atoms with E-state index in [1.807, 2.05) is 0 Å². The number of nitrogens with zero attached hydrogens (tertiary/aromatic N) is 3. The number of carbonyl (C=O) groups is 2. The molecule has 0 radical (unpaired) electrons. The summed E-state index contributed by atoms with van der Waals surface area (Å²) in [7, 11) is 0. The lowest BCUT2D eigenvalue weighted by molar-refractivity contribution is -0.157. The molecule has 0 spiro atoms. The molecule has 2 aromatic carbocycles. The van der Waals surface area contributed by atoms with E-state index in [-0.39, 0.29) is 6.54 Å². The Balaban J connectivity index is 1.57. The minimum Gasteiger partial charge on any atom is -0.474 e. The van der Waals surface area contributed by atoms with Crippen LogP contribution in [0, 0.1) is 0 Å². The van der Waals surface area contributed by atoms with Gasteiger partial charge in [0.1, 0.15) is 0 Å². The molecule has 0 aliphatic carbocycles. The fourth-order valence-corrected chi connectivity index (χ4v) is 4.65. The average molecular weight is 574 g/mol. The molecule has 1 N–H and O–H groups in total. The highest BCUT2D eigenvalue weighted by molar-refractivity contribution is 6.31. The van der Waals surface area contributed by atoms with Gasteiger partial charge in [0.05, 0.1) is 11.6 Å². The van der Waals surface area contributed by atoms with Crippen LogP contribution in [0.4, 0.5) is 13.2 Å². The van der Waals surface area contributed by atoms with Crippen LogP contribution in [0.5, 0.6) is 0 Å². The number of amides is 1. The van der Waals surface area contributed by atoms with Crippen LogP contribution in [-0.4, -0.2) is 32.0 Å². The number of aryl methyl sites for hydroxylation is 1. The number of benzene rings is 2. The zero-order chi connectivity index (χ0) is 29.8. The van der Waals surface area contributed by atoms with Gasteiger partial charge < -0.3 is 14.5 Å². The zero-order valence-electron chi connectivity index (χ0n) is 23.6. The van der Waals surface area contributed by atoms with Crippen molar-refractivity contribution < 1.29 is 32.4 Å². The molecule has 10 heteroatoms. The molecule has 41 heavy (non-hydrogen) atoms. The van der Waals surface area contributed by atoms with E-state index < -0.39 is 29.7 Å². The number of carboxylic acid groups (broad SMARTS) is 1. The van der Waals surface area contributed by atoms with E-state index in [0.717, 1.165) is 36.3 Å². The van der Waals surface area contributed by atoms with Crippen molar-refractivity contribution in [1.82, 2.24) is 15.0 Å². The van der Waals surface area contributed by atoms with E-state index in [1.165, 1.54) is 57.1 Å². The first-order valence-corrected chi connectivity index (χ1v) is 14.2. The molecule has 1 amide bonds. The molecule has 1 aromatic heterocycles. The Hall–Kier alpha value is -3.69. The number of carbonyl (C=O) groups excluding carboxylic acids is 1. The third kappa shape index (κ3) is 9.72. The molecular formula is C31H38F3N3O4. The van der Waals surface area contributed by atoms with E-state index >= 15 is 0 Å². The number of rotatable bonds is 15. The Kier molecular flexibility index (Phi) is 11.9. The highest BCUT2D eigenvalue weighted by Gasteiger charge is 2.31. The number of hydrogen-bond donors (Lipinski definition) is 1. The Morgan fingerprint density at radius 1 is 0.902 bits per heavy atom. The average Bonchev–Trinajstić information content (AvgIpc) is 3.43. The summed E-state index contributed by atoms with van der Waals surface area (Å²) < 4.78 is 44.2. The third-order valence-electron chi connectivity index (χ3n) is 7.16. The molecule has 0 bridgehead atoms. The van der Waals surface area contributed by atoms with Crippen molar-refractivity contribution in [1.29, 1.82) is 0 Å². The maximum Gasteiger partial charge on any atom is 0.416 e. The minimum absolute atomic E-state index is 0.0543. The Bertz CT molecular complexity index is 1240. The van der Waals surface area contributed by atoms with Gasteiger partial charge in [0.25, 0.3) is 5.89 Å². The van der Waals surface area contributed by atoms with E-state index in [2.05, 4.69) is 17.1 Å². The van der Waals surface area contributed by atoms with Gasteiger partial charge in [0.15, 0.2) is 5.82 Å². The third-order valence-corrected chi connectivity index (χ3v) is 7.16. The molecule has 0 unspecified atom stereocenters. The van der Waals surface area contributed by atoms with Gasteiger partial charge in [0.2, 0.25) is 0 Å². The van der Waals surface area contributed by atoms with Gasteiger partial charge in [-0.25, -0.2) is 4.79 Å². The first kappa shape index (κ1) is 31.8. The van der Waals surface area contributed by atoms with Crippen molar-refractivity contribution in [3.8, 4) is 11.5 Å². The van der Waals surface area contributed by atoms with E-state index in [0.29, 0.717) is 28.4 Å². The summed E-state index contributed by atoms with van der Waals surface area (Å²) >= 11 is 0. The van der Waals surface area contributed by atoms with Gasteiger partial charge in [-0.3, -0.25) is 4.79 Å². The number of alkyl halides is 3. The van der Waals surface area contributed by atoms with Crippen LogP contribution in [0.2, 0.25) is 0 Å². The topological polar surface area (TPSA) is 96.5 Å². The number of halogens is 3. The maximum absolute atomic E-state index is 12.9. The summed E-state index contributed by atoms with van der Waals surface area (Å²) in [5.41, 5.74) is 0.884. The van der Waals surface area contributed by atoms with E-state index in [1.54, 1.807) is 31.2 Å². The van der Waals surface area contributed by atoms with Gasteiger partial charge in [-0.05, 0) is 48.7 Å². The SMILES string of the molecule is CCCCCCCCCCCc1noc(-c2ccc(CN(C(=O)C(=O)O)[C@@H](C)c3ccc(C(F)(F)F)cc3)cc2)n1. The number of hydrogen-bond acceptors (Lipinski definition) is 5. The first-order chi connectivity index (χ1) is 19.6. The lowest BCUT2D eigenvalue weighted by Crippen LogP contribution is -2.38. The van der Waals surface area contributed by atoms with Crippen molar-refractivity contribution in [2.45, 2.75) is 96.8 Å². The number of aliphatic carboxylic acids is 1. The molecule has 0 aliphatic rings. The summed E-state index contributed by atoms with van der Waals surface area (Å²) in [5.74, 6) is -1.78. The van der Waals surface area contributed by atoms with Crippen LogP contribution in [0.15, 0.2) is 53.1 Å². The predicted octanol–water partition coefficient (Wildman–Crippen LogP) is 8.00. The Morgan fingerprint density at radius 2 is 1.49 bits per heavy atom.